The first-order chi connectivity index (χ1) is 16.5. The van der Waals surface area contributed by atoms with E-state index in [0.717, 1.165) is 40.1 Å². The Kier molecular flexibility index (Phi) is 6.12. The number of carbonyl (C=O) groups is 1. The number of halogens is 1. The second kappa shape index (κ2) is 9.35. The number of ether oxygens (including phenoxy) is 1. The molecule has 0 bridgehead atoms. The lowest BCUT2D eigenvalue weighted by molar-refractivity contribution is 0.0730. The van der Waals surface area contributed by atoms with E-state index in [-0.39, 0.29) is 11.9 Å². The Bertz CT molecular complexity index is 1310. The lowest BCUT2D eigenvalue weighted by Crippen LogP contribution is -2.29. The lowest BCUT2D eigenvalue weighted by atomic mass is 9.95. The molecule has 0 spiro atoms. The van der Waals surface area contributed by atoms with E-state index < -0.39 is 0 Å². The number of aryl methyl sites for hydroxylation is 1. The van der Waals surface area contributed by atoms with Crippen LogP contribution in [0.1, 0.15) is 52.1 Å². The van der Waals surface area contributed by atoms with Gasteiger partial charge in [0.25, 0.3) is 5.91 Å². The molecule has 34 heavy (non-hydrogen) atoms. The fourth-order valence-electron chi connectivity index (χ4n) is 4.42. The summed E-state index contributed by atoms with van der Waals surface area (Å²) in [5.74, 6) is 0.736. The zero-order valence-corrected chi connectivity index (χ0v) is 20.0. The Hall–Kier alpha value is -3.57. The number of carbonyl (C=O) groups excluding carboxylic acids is 1. The fourth-order valence-corrected chi connectivity index (χ4v) is 4.54. The van der Waals surface area contributed by atoms with Crippen LogP contribution < -0.4 is 4.74 Å². The van der Waals surface area contributed by atoms with E-state index in [1.807, 2.05) is 53.4 Å². The third-order valence-electron chi connectivity index (χ3n) is 6.10. The summed E-state index contributed by atoms with van der Waals surface area (Å²) in [5.41, 5.74) is 6.34. The van der Waals surface area contributed by atoms with Crippen LogP contribution in [0.4, 0.5) is 0 Å². The molecule has 1 aromatic heterocycles. The summed E-state index contributed by atoms with van der Waals surface area (Å²) in [6.07, 6.45) is 0.929. The van der Waals surface area contributed by atoms with Gasteiger partial charge in [0, 0.05) is 22.7 Å². The van der Waals surface area contributed by atoms with E-state index in [9.17, 15) is 4.79 Å². The number of fused-ring (bicyclic) bond motifs is 1. The normalized spacial score (nSPS) is 15.0. The first-order valence-corrected chi connectivity index (χ1v) is 11.9. The van der Waals surface area contributed by atoms with Crippen LogP contribution in [0.5, 0.6) is 5.75 Å². The molecule has 1 amide bonds. The molecule has 0 fully saturated rings. The van der Waals surface area contributed by atoms with Gasteiger partial charge in [-0.3, -0.25) is 9.89 Å². The second-order valence-corrected chi connectivity index (χ2v) is 9.05. The molecule has 5 rings (SSSR count). The van der Waals surface area contributed by atoms with Crippen LogP contribution in [0, 0.1) is 6.92 Å². The van der Waals surface area contributed by atoms with Crippen molar-refractivity contribution in [2.45, 2.75) is 32.9 Å². The highest BCUT2D eigenvalue weighted by Gasteiger charge is 2.42. The third kappa shape index (κ3) is 4.19. The van der Waals surface area contributed by atoms with Gasteiger partial charge in [0.1, 0.15) is 11.4 Å². The Morgan fingerprint density at radius 2 is 1.82 bits per heavy atom. The molecule has 1 unspecified atom stereocenters. The van der Waals surface area contributed by atoms with Crippen molar-refractivity contribution in [2.75, 3.05) is 6.61 Å². The van der Waals surface area contributed by atoms with Gasteiger partial charge < -0.3 is 9.64 Å². The van der Waals surface area contributed by atoms with Crippen LogP contribution in [0.25, 0.3) is 11.3 Å². The molecule has 0 aliphatic carbocycles. The number of nitrogens with one attached hydrogen (secondary N) is 1. The molecular formula is C28H26ClN3O2. The monoisotopic (exact) mass is 471 g/mol. The predicted molar refractivity (Wildman–Crippen MR) is 134 cm³/mol. The van der Waals surface area contributed by atoms with Gasteiger partial charge in [-0.2, -0.15) is 5.10 Å². The molecule has 0 radical (unpaired) electrons. The Balaban J connectivity index is 1.61. The largest absolute Gasteiger partial charge is 0.494 e. The maximum Gasteiger partial charge on any atom is 0.273 e. The van der Waals surface area contributed by atoms with Crippen LogP contribution in [-0.4, -0.2) is 27.6 Å². The van der Waals surface area contributed by atoms with E-state index in [2.05, 4.69) is 48.3 Å². The molecule has 0 saturated carbocycles. The zero-order chi connectivity index (χ0) is 23.7. The molecule has 6 heteroatoms. The summed E-state index contributed by atoms with van der Waals surface area (Å²) in [6.45, 7) is 5.28. The summed E-state index contributed by atoms with van der Waals surface area (Å²) in [7, 11) is 0. The number of aromatic nitrogens is 2. The van der Waals surface area contributed by atoms with Crippen molar-refractivity contribution >= 4 is 17.5 Å². The van der Waals surface area contributed by atoms with Gasteiger partial charge >= 0.3 is 0 Å². The number of benzene rings is 3. The molecule has 0 saturated heterocycles. The summed E-state index contributed by atoms with van der Waals surface area (Å²) < 4.78 is 5.90. The molecular weight excluding hydrogens is 446 g/mol. The number of nitrogens with zero attached hydrogens (tertiary/aromatic N) is 2. The predicted octanol–water partition coefficient (Wildman–Crippen LogP) is 6.57. The first kappa shape index (κ1) is 22.2. The molecule has 1 aliphatic rings. The maximum absolute atomic E-state index is 13.6. The average Bonchev–Trinajstić information content (AvgIpc) is 3.39. The highest BCUT2D eigenvalue weighted by molar-refractivity contribution is 6.30. The molecule has 3 aromatic carbocycles. The van der Waals surface area contributed by atoms with E-state index in [0.29, 0.717) is 23.9 Å². The number of aromatic amines is 1. The van der Waals surface area contributed by atoms with Crippen molar-refractivity contribution < 1.29 is 9.53 Å². The second-order valence-electron chi connectivity index (χ2n) is 8.61. The van der Waals surface area contributed by atoms with Gasteiger partial charge in [-0.25, -0.2) is 0 Å². The number of amides is 1. The number of hydrogen-bond acceptors (Lipinski definition) is 3. The van der Waals surface area contributed by atoms with Crippen LogP contribution in [0.2, 0.25) is 5.02 Å². The standard InChI is InChI=1S/C28H26ClN3O2/c1-3-15-34-23-6-4-5-21(16-23)27-24-25(20-11-13-22(29)14-12-20)30-31-26(24)28(33)32(27)17-19-9-7-18(2)8-10-19/h4-14,16,27H,3,15,17H2,1-2H3,(H,30,31). The van der Waals surface area contributed by atoms with Crippen molar-refractivity contribution in [1.82, 2.24) is 15.1 Å². The van der Waals surface area contributed by atoms with Crippen molar-refractivity contribution in [2.24, 2.45) is 0 Å². The summed E-state index contributed by atoms with van der Waals surface area (Å²) in [6, 6.07) is 23.6. The van der Waals surface area contributed by atoms with Crippen LogP contribution in [-0.2, 0) is 6.54 Å². The molecule has 1 aliphatic heterocycles. The topological polar surface area (TPSA) is 58.2 Å². The zero-order valence-electron chi connectivity index (χ0n) is 19.2. The lowest BCUT2D eigenvalue weighted by Gasteiger charge is -2.27. The van der Waals surface area contributed by atoms with E-state index in [1.54, 1.807) is 0 Å². The molecule has 5 nitrogen and oxygen atoms in total. The first-order valence-electron chi connectivity index (χ1n) is 11.5. The van der Waals surface area contributed by atoms with Gasteiger partial charge in [-0.05, 0) is 48.7 Å². The van der Waals surface area contributed by atoms with Gasteiger partial charge in [0.05, 0.1) is 18.3 Å². The van der Waals surface area contributed by atoms with E-state index >= 15 is 0 Å². The van der Waals surface area contributed by atoms with Gasteiger partial charge in [-0.1, -0.05) is 72.6 Å². The Morgan fingerprint density at radius 3 is 2.56 bits per heavy atom. The van der Waals surface area contributed by atoms with Crippen LogP contribution in [0.3, 0.4) is 0 Å². The molecule has 2 heterocycles. The van der Waals surface area contributed by atoms with Crippen molar-refractivity contribution in [3.8, 4) is 17.0 Å². The van der Waals surface area contributed by atoms with Crippen molar-refractivity contribution in [3.63, 3.8) is 0 Å². The fraction of sp³-hybridized carbons (Fsp3) is 0.214. The molecule has 1 N–H and O–H groups in total. The summed E-state index contributed by atoms with van der Waals surface area (Å²) in [5, 5.41) is 8.22. The highest BCUT2D eigenvalue weighted by atomic mass is 35.5. The van der Waals surface area contributed by atoms with E-state index in [1.165, 1.54) is 5.56 Å². The number of rotatable bonds is 7. The Morgan fingerprint density at radius 1 is 1.06 bits per heavy atom. The average molecular weight is 472 g/mol. The Labute approximate surface area is 204 Å². The summed E-state index contributed by atoms with van der Waals surface area (Å²) in [4.78, 5) is 15.5. The molecule has 172 valence electrons. The highest BCUT2D eigenvalue weighted by Crippen LogP contribution is 2.44. The van der Waals surface area contributed by atoms with Crippen molar-refractivity contribution in [3.05, 3.63) is 106 Å². The minimum absolute atomic E-state index is 0.0619. The minimum Gasteiger partial charge on any atom is -0.494 e. The molecule has 1 atom stereocenters. The van der Waals surface area contributed by atoms with Crippen LogP contribution in [0.15, 0.2) is 72.8 Å². The summed E-state index contributed by atoms with van der Waals surface area (Å²) >= 11 is 6.12. The minimum atomic E-state index is -0.293. The SMILES string of the molecule is CCCOc1cccc(C2c3c(-c4ccc(Cl)cc4)n[nH]c3C(=O)N2Cc2ccc(C)cc2)c1. The van der Waals surface area contributed by atoms with Gasteiger partial charge in [-0.15, -0.1) is 0 Å². The van der Waals surface area contributed by atoms with Gasteiger partial charge in [0.2, 0.25) is 0 Å². The van der Waals surface area contributed by atoms with Crippen molar-refractivity contribution in [1.29, 1.82) is 0 Å². The quantitative estimate of drug-likeness (QED) is 0.331. The number of H-pyrrole nitrogens is 1. The van der Waals surface area contributed by atoms with Crippen LogP contribution >= 0.6 is 11.6 Å². The van der Waals surface area contributed by atoms with E-state index in [4.69, 9.17) is 16.3 Å². The smallest absolute Gasteiger partial charge is 0.273 e. The maximum atomic E-state index is 13.6. The van der Waals surface area contributed by atoms with Gasteiger partial charge in [0.15, 0.2) is 0 Å². The molecule has 4 aromatic rings. The third-order valence-corrected chi connectivity index (χ3v) is 6.35. The number of hydrogen-bond donors (Lipinski definition) is 1.